The number of hydrogen-bond acceptors (Lipinski definition) is 2. The molecule has 17 heavy (non-hydrogen) atoms. The van der Waals surface area contributed by atoms with Crippen LogP contribution in [-0.4, -0.2) is 13.2 Å². The Morgan fingerprint density at radius 2 is 2.00 bits per heavy atom. The summed E-state index contributed by atoms with van der Waals surface area (Å²) in [5, 5.41) is 0. The number of rotatable bonds is 5. The van der Waals surface area contributed by atoms with E-state index < -0.39 is 0 Å². The molecule has 2 nitrogen and oxygen atoms in total. The zero-order valence-electron chi connectivity index (χ0n) is 10.7. The van der Waals surface area contributed by atoms with Crippen molar-refractivity contribution >= 4 is 0 Å². The van der Waals surface area contributed by atoms with Crippen LogP contribution in [0.5, 0.6) is 5.75 Å². The molecule has 0 fully saturated rings. The minimum absolute atomic E-state index is 0.549. The molecule has 1 aromatic rings. The number of aryl methyl sites for hydroxylation is 2. The average molecular weight is 233 g/mol. The molecular formula is C15H23NO. The number of hydrogen-bond donors (Lipinski definition) is 1. The second-order valence-corrected chi connectivity index (χ2v) is 5.12. The highest BCUT2D eigenvalue weighted by molar-refractivity contribution is 5.37. The number of ether oxygens (including phenoxy) is 1. The minimum Gasteiger partial charge on any atom is -0.494 e. The molecule has 0 bridgehead atoms. The zero-order valence-corrected chi connectivity index (χ0v) is 10.7. The Labute approximate surface area is 104 Å². The lowest BCUT2D eigenvalue weighted by Gasteiger charge is -2.17. The van der Waals surface area contributed by atoms with Crippen molar-refractivity contribution in [2.75, 3.05) is 13.2 Å². The summed E-state index contributed by atoms with van der Waals surface area (Å²) in [5.41, 5.74) is 8.59. The van der Waals surface area contributed by atoms with Gasteiger partial charge in [0.15, 0.2) is 0 Å². The molecule has 1 atom stereocenters. The first-order valence-corrected chi connectivity index (χ1v) is 6.74. The molecule has 0 heterocycles. The largest absolute Gasteiger partial charge is 0.494 e. The van der Waals surface area contributed by atoms with Crippen LogP contribution in [0.15, 0.2) is 18.2 Å². The molecule has 0 radical (unpaired) electrons. The van der Waals surface area contributed by atoms with Crippen LogP contribution in [0.2, 0.25) is 0 Å². The van der Waals surface area contributed by atoms with Crippen molar-refractivity contribution in [3.8, 4) is 5.75 Å². The first-order chi connectivity index (χ1) is 8.29. The number of benzene rings is 1. The van der Waals surface area contributed by atoms with E-state index in [-0.39, 0.29) is 0 Å². The molecule has 0 amide bonds. The summed E-state index contributed by atoms with van der Waals surface area (Å²) < 4.78 is 5.79. The van der Waals surface area contributed by atoms with Gasteiger partial charge in [-0.05, 0) is 67.8 Å². The molecule has 1 aromatic carbocycles. The lowest BCUT2D eigenvalue weighted by molar-refractivity contribution is 0.285. The Balaban J connectivity index is 1.89. The van der Waals surface area contributed by atoms with Crippen LogP contribution in [-0.2, 0) is 12.8 Å². The molecular weight excluding hydrogens is 210 g/mol. The van der Waals surface area contributed by atoms with Crippen LogP contribution in [0, 0.1) is 5.92 Å². The molecule has 1 unspecified atom stereocenters. The van der Waals surface area contributed by atoms with Crippen molar-refractivity contribution < 1.29 is 4.74 Å². The van der Waals surface area contributed by atoms with Gasteiger partial charge in [0.05, 0.1) is 6.61 Å². The van der Waals surface area contributed by atoms with Gasteiger partial charge >= 0.3 is 0 Å². The Kier molecular flexibility index (Phi) is 4.43. The van der Waals surface area contributed by atoms with E-state index in [1.54, 1.807) is 0 Å². The van der Waals surface area contributed by atoms with Gasteiger partial charge in [0.25, 0.3) is 0 Å². The fraction of sp³-hybridized carbons (Fsp3) is 0.600. The van der Waals surface area contributed by atoms with Crippen LogP contribution in [0.3, 0.4) is 0 Å². The second kappa shape index (κ2) is 6.06. The van der Waals surface area contributed by atoms with Crippen LogP contribution in [0.25, 0.3) is 0 Å². The average Bonchev–Trinajstić information content (AvgIpc) is 2.38. The highest BCUT2D eigenvalue weighted by atomic mass is 16.5. The topological polar surface area (TPSA) is 35.2 Å². The van der Waals surface area contributed by atoms with E-state index in [1.165, 1.54) is 36.8 Å². The van der Waals surface area contributed by atoms with Crippen molar-refractivity contribution in [2.45, 2.75) is 39.0 Å². The van der Waals surface area contributed by atoms with Gasteiger partial charge in [0.1, 0.15) is 5.75 Å². The van der Waals surface area contributed by atoms with Gasteiger partial charge in [-0.3, -0.25) is 0 Å². The minimum atomic E-state index is 0.549. The van der Waals surface area contributed by atoms with Crippen molar-refractivity contribution in [1.82, 2.24) is 0 Å². The van der Waals surface area contributed by atoms with Gasteiger partial charge in [0, 0.05) is 0 Å². The fourth-order valence-electron chi connectivity index (χ4n) is 2.30. The van der Waals surface area contributed by atoms with Gasteiger partial charge in [-0.2, -0.15) is 0 Å². The molecule has 0 aliphatic heterocycles. The van der Waals surface area contributed by atoms with E-state index in [4.69, 9.17) is 10.5 Å². The quantitative estimate of drug-likeness (QED) is 0.848. The van der Waals surface area contributed by atoms with E-state index in [0.717, 1.165) is 25.3 Å². The standard InChI is InChI=1S/C15H23NO/c1-12(11-16)8-9-17-15-7-6-13-4-2-3-5-14(13)10-15/h6-7,10,12H,2-5,8-9,11,16H2,1H3. The lowest BCUT2D eigenvalue weighted by atomic mass is 9.92. The second-order valence-electron chi connectivity index (χ2n) is 5.12. The summed E-state index contributed by atoms with van der Waals surface area (Å²) in [5.74, 6) is 1.57. The maximum absolute atomic E-state index is 5.79. The predicted octanol–water partition coefficient (Wildman–Crippen LogP) is 2.93. The lowest BCUT2D eigenvalue weighted by Crippen LogP contribution is -2.14. The third-order valence-electron chi connectivity index (χ3n) is 3.60. The molecule has 2 heteroatoms. The van der Waals surface area contributed by atoms with E-state index >= 15 is 0 Å². The first-order valence-electron chi connectivity index (χ1n) is 6.74. The molecule has 2 rings (SSSR count). The SMILES string of the molecule is CC(CN)CCOc1ccc2c(c1)CCCC2. The van der Waals surface area contributed by atoms with Gasteiger partial charge in [-0.1, -0.05) is 13.0 Å². The Morgan fingerprint density at radius 1 is 1.24 bits per heavy atom. The van der Waals surface area contributed by atoms with Crippen molar-refractivity contribution in [2.24, 2.45) is 11.7 Å². The molecule has 0 saturated heterocycles. The summed E-state index contributed by atoms with van der Waals surface area (Å²) in [4.78, 5) is 0. The highest BCUT2D eigenvalue weighted by Crippen LogP contribution is 2.25. The van der Waals surface area contributed by atoms with E-state index in [0.29, 0.717) is 5.92 Å². The zero-order chi connectivity index (χ0) is 12.1. The van der Waals surface area contributed by atoms with Crippen LogP contribution >= 0.6 is 0 Å². The molecule has 94 valence electrons. The highest BCUT2D eigenvalue weighted by Gasteiger charge is 2.09. The van der Waals surface area contributed by atoms with Crippen LogP contribution in [0.4, 0.5) is 0 Å². The van der Waals surface area contributed by atoms with Gasteiger partial charge in [0.2, 0.25) is 0 Å². The number of fused-ring (bicyclic) bond motifs is 1. The van der Waals surface area contributed by atoms with Crippen molar-refractivity contribution in [3.63, 3.8) is 0 Å². The molecule has 2 N–H and O–H groups in total. The third kappa shape index (κ3) is 3.47. The fourth-order valence-corrected chi connectivity index (χ4v) is 2.30. The van der Waals surface area contributed by atoms with E-state index in [1.807, 2.05) is 0 Å². The monoisotopic (exact) mass is 233 g/mol. The molecule has 0 saturated carbocycles. The maximum Gasteiger partial charge on any atom is 0.119 e. The Hall–Kier alpha value is -1.02. The predicted molar refractivity (Wildman–Crippen MR) is 71.4 cm³/mol. The van der Waals surface area contributed by atoms with Crippen molar-refractivity contribution in [1.29, 1.82) is 0 Å². The molecule has 0 spiro atoms. The van der Waals surface area contributed by atoms with Gasteiger partial charge in [-0.15, -0.1) is 0 Å². The third-order valence-corrected chi connectivity index (χ3v) is 3.60. The normalized spacial score (nSPS) is 16.4. The molecule has 1 aliphatic rings. The van der Waals surface area contributed by atoms with Crippen molar-refractivity contribution in [3.05, 3.63) is 29.3 Å². The summed E-state index contributed by atoms with van der Waals surface area (Å²) in [7, 11) is 0. The van der Waals surface area contributed by atoms with Crippen LogP contribution < -0.4 is 10.5 Å². The van der Waals surface area contributed by atoms with Gasteiger partial charge < -0.3 is 10.5 Å². The van der Waals surface area contributed by atoms with Crippen LogP contribution in [0.1, 0.15) is 37.3 Å². The summed E-state index contributed by atoms with van der Waals surface area (Å²) >= 11 is 0. The molecule has 1 aliphatic carbocycles. The summed E-state index contributed by atoms with van der Waals surface area (Å²) in [6.45, 7) is 3.68. The first kappa shape index (κ1) is 12.4. The van der Waals surface area contributed by atoms with E-state index in [2.05, 4.69) is 25.1 Å². The van der Waals surface area contributed by atoms with Gasteiger partial charge in [-0.25, -0.2) is 0 Å². The Bertz CT molecular complexity index is 362. The molecule has 0 aromatic heterocycles. The summed E-state index contributed by atoms with van der Waals surface area (Å²) in [6, 6.07) is 6.56. The Morgan fingerprint density at radius 3 is 2.76 bits per heavy atom. The number of nitrogens with two attached hydrogens (primary N) is 1. The van der Waals surface area contributed by atoms with E-state index in [9.17, 15) is 0 Å². The maximum atomic E-state index is 5.79. The smallest absolute Gasteiger partial charge is 0.119 e. The summed E-state index contributed by atoms with van der Waals surface area (Å²) in [6.07, 6.45) is 6.14.